The highest BCUT2D eigenvalue weighted by Crippen LogP contribution is 2.46. The third-order valence-corrected chi connectivity index (χ3v) is 3.57. The Bertz CT molecular complexity index is 663. The van der Waals surface area contributed by atoms with Crippen LogP contribution >= 0.6 is 0 Å². The molecule has 3 rings (SSSR count). The molecule has 0 atom stereocenters. The van der Waals surface area contributed by atoms with Crippen LogP contribution in [-0.4, -0.2) is 11.9 Å². The van der Waals surface area contributed by atoms with Crippen molar-refractivity contribution in [3.8, 4) is 11.5 Å². The molecule has 1 aliphatic rings. The predicted octanol–water partition coefficient (Wildman–Crippen LogP) is 0.0402. The number of benzene rings is 2. The molecular formula is C16H10O5-2. The van der Waals surface area contributed by atoms with Crippen molar-refractivity contribution >= 4 is 11.9 Å². The molecule has 0 bridgehead atoms. The van der Waals surface area contributed by atoms with Gasteiger partial charge in [0.1, 0.15) is 11.5 Å². The molecule has 1 aliphatic heterocycles. The molecule has 0 N–H and O–H groups in total. The lowest BCUT2D eigenvalue weighted by atomic mass is 9.78. The number of aliphatic carboxylic acids is 2. The lowest BCUT2D eigenvalue weighted by Gasteiger charge is -2.34. The van der Waals surface area contributed by atoms with E-state index in [9.17, 15) is 19.8 Å². The van der Waals surface area contributed by atoms with Gasteiger partial charge >= 0.3 is 0 Å². The molecule has 5 heteroatoms. The van der Waals surface area contributed by atoms with E-state index in [1.807, 2.05) is 0 Å². The van der Waals surface area contributed by atoms with Crippen molar-refractivity contribution in [2.75, 3.05) is 0 Å². The van der Waals surface area contributed by atoms with Gasteiger partial charge in [-0.1, -0.05) is 36.4 Å². The minimum Gasteiger partial charge on any atom is -0.549 e. The first kappa shape index (κ1) is 13.2. The van der Waals surface area contributed by atoms with Crippen LogP contribution < -0.4 is 14.9 Å². The Kier molecular flexibility index (Phi) is 3.10. The van der Waals surface area contributed by atoms with E-state index in [-0.39, 0.29) is 0 Å². The van der Waals surface area contributed by atoms with Crippen LogP contribution in [0.25, 0.3) is 0 Å². The van der Waals surface area contributed by atoms with E-state index in [1.54, 1.807) is 48.5 Å². The first-order valence-electron chi connectivity index (χ1n) is 6.37. The summed E-state index contributed by atoms with van der Waals surface area (Å²) in [5.41, 5.74) is 0.990. The predicted molar refractivity (Wildman–Crippen MR) is 68.3 cm³/mol. The monoisotopic (exact) mass is 282 g/mol. The van der Waals surface area contributed by atoms with Gasteiger partial charge in [0.2, 0.25) is 0 Å². The van der Waals surface area contributed by atoms with Crippen molar-refractivity contribution < 1.29 is 24.5 Å². The van der Waals surface area contributed by atoms with Crippen LogP contribution in [0, 0.1) is 5.92 Å². The average Bonchev–Trinajstić information content (AvgIpc) is 2.46. The molecule has 0 spiro atoms. The molecule has 0 unspecified atom stereocenters. The normalized spacial score (nSPS) is 13.2. The number of hydrogen-bond donors (Lipinski definition) is 0. The van der Waals surface area contributed by atoms with Gasteiger partial charge in [-0.25, -0.2) is 0 Å². The lowest BCUT2D eigenvalue weighted by molar-refractivity contribution is -0.332. The molecule has 0 amide bonds. The molecule has 0 saturated carbocycles. The molecule has 106 valence electrons. The Labute approximate surface area is 120 Å². The fourth-order valence-electron chi connectivity index (χ4n) is 2.67. The minimum absolute atomic E-state index is 0.439. The summed E-state index contributed by atoms with van der Waals surface area (Å²) >= 11 is 0. The fourth-order valence-corrected chi connectivity index (χ4v) is 2.67. The first-order chi connectivity index (χ1) is 10.1. The van der Waals surface area contributed by atoms with Gasteiger partial charge in [0.05, 0.1) is 11.9 Å². The third kappa shape index (κ3) is 2.12. The minimum atomic E-state index is -1.78. The van der Waals surface area contributed by atoms with Gasteiger partial charge in [-0.15, -0.1) is 0 Å². The quantitative estimate of drug-likeness (QED) is 0.741. The second-order valence-corrected chi connectivity index (χ2v) is 4.77. The molecule has 2 aromatic carbocycles. The van der Waals surface area contributed by atoms with E-state index in [0.29, 0.717) is 22.6 Å². The zero-order chi connectivity index (χ0) is 15.0. The number of carboxylic acid groups (broad SMARTS) is 2. The molecule has 0 aliphatic carbocycles. The molecule has 0 fully saturated rings. The standard InChI is InChI=1S/C16H12O5/c17-15(18)14(16(19)20)13-9-5-1-3-7-11(9)21-12-8-4-2-6-10(12)13/h1-8,13-14H,(H,17,18)(H,19,20)/p-2. The maximum atomic E-state index is 11.3. The van der Waals surface area contributed by atoms with Crippen LogP contribution in [0.1, 0.15) is 17.0 Å². The summed E-state index contributed by atoms with van der Waals surface area (Å²) in [5, 5.41) is 22.6. The summed E-state index contributed by atoms with van der Waals surface area (Å²) in [5.74, 6) is -5.15. The number of fused-ring (bicyclic) bond motifs is 2. The fraction of sp³-hybridized carbons (Fsp3) is 0.125. The SMILES string of the molecule is O=C([O-])C(C(=O)[O-])C1c2ccccc2Oc2ccccc21. The van der Waals surface area contributed by atoms with E-state index < -0.39 is 23.8 Å². The Morgan fingerprint density at radius 1 is 0.857 bits per heavy atom. The van der Waals surface area contributed by atoms with E-state index >= 15 is 0 Å². The van der Waals surface area contributed by atoms with Crippen molar-refractivity contribution in [1.29, 1.82) is 0 Å². The van der Waals surface area contributed by atoms with E-state index in [4.69, 9.17) is 4.74 Å². The van der Waals surface area contributed by atoms with Crippen LogP contribution in [0.4, 0.5) is 0 Å². The second kappa shape index (κ2) is 4.94. The summed E-state index contributed by atoms with van der Waals surface area (Å²) < 4.78 is 5.69. The number of carbonyl (C=O) groups is 2. The average molecular weight is 282 g/mol. The van der Waals surface area contributed by atoms with Gasteiger partial charge in [-0.3, -0.25) is 0 Å². The highest BCUT2D eigenvalue weighted by molar-refractivity contribution is 5.93. The zero-order valence-corrected chi connectivity index (χ0v) is 10.8. The Morgan fingerprint density at radius 2 is 1.29 bits per heavy atom. The van der Waals surface area contributed by atoms with Gasteiger partial charge in [-0.2, -0.15) is 0 Å². The summed E-state index contributed by atoms with van der Waals surface area (Å²) in [6.07, 6.45) is 0. The van der Waals surface area contributed by atoms with E-state index in [2.05, 4.69) is 0 Å². The Hall–Kier alpha value is -2.82. The highest BCUT2D eigenvalue weighted by atomic mass is 16.5. The van der Waals surface area contributed by atoms with Gasteiger partial charge in [-0.05, 0) is 12.1 Å². The summed E-state index contributed by atoms with van der Waals surface area (Å²) in [6.45, 7) is 0. The van der Waals surface area contributed by atoms with Crippen molar-refractivity contribution in [2.45, 2.75) is 5.92 Å². The number of ether oxygens (including phenoxy) is 1. The summed E-state index contributed by atoms with van der Waals surface area (Å²) in [7, 11) is 0. The number of rotatable bonds is 3. The van der Waals surface area contributed by atoms with Crippen LogP contribution in [0.3, 0.4) is 0 Å². The summed E-state index contributed by atoms with van der Waals surface area (Å²) in [6, 6.07) is 13.5. The van der Waals surface area contributed by atoms with Crippen molar-refractivity contribution in [3.63, 3.8) is 0 Å². The Balaban J connectivity index is 2.23. The smallest absolute Gasteiger partial charge is 0.131 e. The molecular weight excluding hydrogens is 272 g/mol. The van der Waals surface area contributed by atoms with Crippen LogP contribution in [0.15, 0.2) is 48.5 Å². The molecule has 2 aromatic rings. The molecule has 0 aromatic heterocycles. The highest BCUT2D eigenvalue weighted by Gasteiger charge is 2.34. The van der Waals surface area contributed by atoms with Crippen LogP contribution in [0.5, 0.6) is 11.5 Å². The second-order valence-electron chi connectivity index (χ2n) is 4.77. The third-order valence-electron chi connectivity index (χ3n) is 3.57. The maximum Gasteiger partial charge on any atom is 0.131 e. The molecule has 0 radical (unpaired) electrons. The molecule has 21 heavy (non-hydrogen) atoms. The molecule has 0 saturated heterocycles. The Morgan fingerprint density at radius 3 is 1.71 bits per heavy atom. The van der Waals surface area contributed by atoms with E-state index in [1.165, 1.54) is 0 Å². The van der Waals surface area contributed by atoms with Crippen molar-refractivity contribution in [1.82, 2.24) is 0 Å². The zero-order valence-electron chi connectivity index (χ0n) is 10.8. The largest absolute Gasteiger partial charge is 0.549 e. The number of hydrogen-bond acceptors (Lipinski definition) is 5. The van der Waals surface area contributed by atoms with Crippen molar-refractivity contribution in [2.24, 2.45) is 5.92 Å². The van der Waals surface area contributed by atoms with Gasteiger partial charge in [0, 0.05) is 23.0 Å². The summed E-state index contributed by atoms with van der Waals surface area (Å²) in [4.78, 5) is 22.6. The number of carbonyl (C=O) groups excluding carboxylic acids is 2. The van der Waals surface area contributed by atoms with E-state index in [0.717, 1.165) is 0 Å². The van der Waals surface area contributed by atoms with Crippen molar-refractivity contribution in [3.05, 3.63) is 59.7 Å². The van der Waals surface area contributed by atoms with Gasteiger partial charge in [0.15, 0.2) is 0 Å². The van der Waals surface area contributed by atoms with Crippen LogP contribution in [0.2, 0.25) is 0 Å². The number of para-hydroxylation sites is 2. The molecule has 5 nitrogen and oxygen atoms in total. The number of carboxylic acids is 2. The van der Waals surface area contributed by atoms with Gasteiger partial charge < -0.3 is 24.5 Å². The maximum absolute atomic E-state index is 11.3. The molecule has 1 heterocycles. The van der Waals surface area contributed by atoms with Crippen LogP contribution in [-0.2, 0) is 9.59 Å². The van der Waals surface area contributed by atoms with Gasteiger partial charge in [0.25, 0.3) is 0 Å². The topological polar surface area (TPSA) is 89.5 Å². The first-order valence-corrected chi connectivity index (χ1v) is 6.37. The lowest BCUT2D eigenvalue weighted by Crippen LogP contribution is -2.47.